The molecule has 3 rings (SSSR count). The van der Waals surface area contributed by atoms with E-state index in [0.717, 1.165) is 22.6 Å². The van der Waals surface area contributed by atoms with Crippen LogP contribution in [0.2, 0.25) is 0 Å². The van der Waals surface area contributed by atoms with E-state index < -0.39 is 0 Å². The highest BCUT2D eigenvalue weighted by atomic mass is 16.5. The molecule has 94 valence electrons. The molecule has 18 heavy (non-hydrogen) atoms. The highest BCUT2D eigenvalue weighted by molar-refractivity contribution is 5.60. The summed E-state index contributed by atoms with van der Waals surface area (Å²) in [5.74, 6) is 1.94. The van der Waals surface area contributed by atoms with Crippen LogP contribution in [0.5, 0.6) is 0 Å². The topological polar surface area (TPSA) is 64.9 Å². The lowest BCUT2D eigenvalue weighted by molar-refractivity contribution is 0.416. The first-order valence-corrected chi connectivity index (χ1v) is 6.44. The molecule has 4 nitrogen and oxygen atoms in total. The third-order valence-corrected chi connectivity index (χ3v) is 3.68. The van der Waals surface area contributed by atoms with Gasteiger partial charge in [-0.15, -0.1) is 0 Å². The fourth-order valence-corrected chi connectivity index (χ4v) is 2.51. The predicted molar refractivity (Wildman–Crippen MR) is 70.1 cm³/mol. The maximum absolute atomic E-state index is 5.80. The Morgan fingerprint density at radius 2 is 2.06 bits per heavy atom. The minimum Gasteiger partial charge on any atom is -0.399 e. The van der Waals surface area contributed by atoms with Crippen LogP contribution in [0.15, 0.2) is 22.7 Å². The number of nitrogens with two attached hydrogens (primary N) is 1. The Balaban J connectivity index is 1.89. The molecule has 0 atom stereocenters. The standard InChI is InChI=1S/C14H17N3O/c1-9-8-11(6-7-12(9)15)14-16-13(17-18-14)10-4-2-3-5-10/h6-8,10H,2-5,15H2,1H3. The SMILES string of the molecule is Cc1cc(-c2nc(C3CCCC3)no2)ccc1N. The van der Waals surface area contributed by atoms with E-state index in [1.807, 2.05) is 25.1 Å². The third-order valence-electron chi connectivity index (χ3n) is 3.68. The molecule has 0 amide bonds. The van der Waals surface area contributed by atoms with Crippen LogP contribution in [-0.2, 0) is 0 Å². The maximum Gasteiger partial charge on any atom is 0.257 e. The number of hydrogen-bond acceptors (Lipinski definition) is 4. The first kappa shape index (κ1) is 11.3. The van der Waals surface area contributed by atoms with E-state index in [9.17, 15) is 0 Å². The highest BCUT2D eigenvalue weighted by Gasteiger charge is 2.22. The van der Waals surface area contributed by atoms with Gasteiger partial charge in [-0.25, -0.2) is 0 Å². The molecule has 0 radical (unpaired) electrons. The van der Waals surface area contributed by atoms with Crippen molar-refractivity contribution in [3.63, 3.8) is 0 Å². The Morgan fingerprint density at radius 3 is 2.78 bits per heavy atom. The van der Waals surface area contributed by atoms with Crippen molar-refractivity contribution in [2.75, 3.05) is 5.73 Å². The summed E-state index contributed by atoms with van der Waals surface area (Å²) in [6.45, 7) is 1.98. The molecule has 0 aliphatic heterocycles. The molecule has 0 bridgehead atoms. The number of benzene rings is 1. The predicted octanol–water partition coefficient (Wildman–Crippen LogP) is 3.28. The lowest BCUT2D eigenvalue weighted by Gasteiger charge is -2.01. The van der Waals surface area contributed by atoms with Gasteiger partial charge in [0.25, 0.3) is 5.89 Å². The van der Waals surface area contributed by atoms with E-state index >= 15 is 0 Å². The quantitative estimate of drug-likeness (QED) is 0.822. The lowest BCUT2D eigenvalue weighted by Crippen LogP contribution is -1.94. The largest absolute Gasteiger partial charge is 0.399 e. The van der Waals surface area contributed by atoms with Crippen molar-refractivity contribution in [1.82, 2.24) is 10.1 Å². The van der Waals surface area contributed by atoms with Crippen molar-refractivity contribution in [2.24, 2.45) is 0 Å². The van der Waals surface area contributed by atoms with Gasteiger partial charge in [0.2, 0.25) is 0 Å². The monoisotopic (exact) mass is 243 g/mol. The number of nitrogens with zero attached hydrogens (tertiary/aromatic N) is 2. The van der Waals surface area contributed by atoms with E-state index in [1.165, 1.54) is 25.7 Å². The molecule has 2 aromatic rings. The van der Waals surface area contributed by atoms with Gasteiger partial charge < -0.3 is 10.3 Å². The number of anilines is 1. The van der Waals surface area contributed by atoms with Crippen molar-refractivity contribution in [3.8, 4) is 11.5 Å². The molecule has 1 aromatic heterocycles. The normalized spacial score (nSPS) is 16.3. The summed E-state index contributed by atoms with van der Waals surface area (Å²) < 4.78 is 5.36. The van der Waals surface area contributed by atoms with E-state index in [1.54, 1.807) is 0 Å². The van der Waals surface area contributed by atoms with Gasteiger partial charge >= 0.3 is 0 Å². The Hall–Kier alpha value is -1.84. The highest BCUT2D eigenvalue weighted by Crippen LogP contribution is 2.33. The minimum absolute atomic E-state index is 0.484. The number of hydrogen-bond donors (Lipinski definition) is 1. The van der Waals surface area contributed by atoms with Gasteiger partial charge in [0, 0.05) is 17.2 Å². The summed E-state index contributed by atoms with van der Waals surface area (Å²) in [5.41, 5.74) is 8.57. The molecule has 1 heterocycles. The number of nitrogen functional groups attached to an aromatic ring is 1. The van der Waals surface area contributed by atoms with Crippen molar-refractivity contribution >= 4 is 5.69 Å². The summed E-state index contributed by atoms with van der Waals surface area (Å²) in [5, 5.41) is 4.11. The molecule has 1 fully saturated rings. The molecular formula is C14H17N3O. The second kappa shape index (κ2) is 4.44. The van der Waals surface area contributed by atoms with Gasteiger partial charge in [-0.1, -0.05) is 18.0 Å². The van der Waals surface area contributed by atoms with Crippen molar-refractivity contribution in [2.45, 2.75) is 38.5 Å². The first-order valence-electron chi connectivity index (χ1n) is 6.44. The third kappa shape index (κ3) is 1.98. The number of aryl methyl sites for hydroxylation is 1. The molecule has 1 aliphatic carbocycles. The number of rotatable bonds is 2. The van der Waals surface area contributed by atoms with Gasteiger partial charge in [-0.3, -0.25) is 0 Å². The van der Waals surface area contributed by atoms with Gasteiger partial charge in [-0.05, 0) is 43.5 Å². The molecule has 2 N–H and O–H groups in total. The molecule has 1 aromatic carbocycles. The van der Waals surface area contributed by atoms with Crippen LogP contribution >= 0.6 is 0 Å². The Morgan fingerprint density at radius 1 is 1.28 bits per heavy atom. The Bertz CT molecular complexity index is 556. The smallest absolute Gasteiger partial charge is 0.257 e. The summed E-state index contributed by atoms with van der Waals surface area (Å²) in [6, 6.07) is 5.79. The van der Waals surface area contributed by atoms with E-state index in [4.69, 9.17) is 10.3 Å². The van der Waals surface area contributed by atoms with Crippen molar-refractivity contribution in [1.29, 1.82) is 0 Å². The second-order valence-corrected chi connectivity index (χ2v) is 5.01. The Kier molecular flexibility index (Phi) is 2.78. The van der Waals surface area contributed by atoms with E-state index in [-0.39, 0.29) is 0 Å². The molecule has 0 saturated heterocycles. The van der Waals surface area contributed by atoms with Crippen LogP contribution < -0.4 is 5.73 Å². The van der Waals surface area contributed by atoms with Gasteiger partial charge in [0.1, 0.15) is 0 Å². The van der Waals surface area contributed by atoms with Crippen molar-refractivity contribution in [3.05, 3.63) is 29.6 Å². The first-order chi connectivity index (χ1) is 8.74. The van der Waals surface area contributed by atoms with E-state index in [2.05, 4.69) is 10.1 Å². The fraction of sp³-hybridized carbons (Fsp3) is 0.429. The van der Waals surface area contributed by atoms with Crippen LogP contribution in [0.25, 0.3) is 11.5 Å². The second-order valence-electron chi connectivity index (χ2n) is 5.01. The lowest BCUT2D eigenvalue weighted by atomic mass is 10.1. The molecular weight excluding hydrogens is 226 g/mol. The summed E-state index contributed by atoms with van der Waals surface area (Å²) in [6.07, 6.45) is 4.91. The summed E-state index contributed by atoms with van der Waals surface area (Å²) >= 11 is 0. The molecule has 1 saturated carbocycles. The van der Waals surface area contributed by atoms with Gasteiger partial charge in [0.15, 0.2) is 5.82 Å². The zero-order valence-corrected chi connectivity index (χ0v) is 10.5. The molecule has 1 aliphatic rings. The average Bonchev–Trinajstić information content (AvgIpc) is 3.01. The maximum atomic E-state index is 5.80. The van der Waals surface area contributed by atoms with Crippen molar-refractivity contribution < 1.29 is 4.52 Å². The summed E-state index contributed by atoms with van der Waals surface area (Å²) in [4.78, 5) is 4.51. The molecule has 4 heteroatoms. The molecule has 0 unspecified atom stereocenters. The average molecular weight is 243 g/mol. The van der Waals surface area contributed by atoms with Crippen LogP contribution in [-0.4, -0.2) is 10.1 Å². The number of aromatic nitrogens is 2. The van der Waals surface area contributed by atoms with Crippen LogP contribution in [0.1, 0.15) is 43.0 Å². The van der Waals surface area contributed by atoms with Crippen LogP contribution in [0.4, 0.5) is 5.69 Å². The van der Waals surface area contributed by atoms with Gasteiger partial charge in [-0.2, -0.15) is 4.98 Å². The molecule has 0 spiro atoms. The zero-order valence-electron chi connectivity index (χ0n) is 10.5. The fourth-order valence-electron chi connectivity index (χ4n) is 2.51. The van der Waals surface area contributed by atoms with E-state index in [0.29, 0.717) is 11.8 Å². The van der Waals surface area contributed by atoms with Crippen LogP contribution in [0.3, 0.4) is 0 Å². The Labute approximate surface area is 106 Å². The summed E-state index contributed by atoms with van der Waals surface area (Å²) in [7, 11) is 0. The van der Waals surface area contributed by atoms with Crippen LogP contribution in [0, 0.1) is 6.92 Å². The zero-order chi connectivity index (χ0) is 12.5. The van der Waals surface area contributed by atoms with Gasteiger partial charge in [0.05, 0.1) is 0 Å². The minimum atomic E-state index is 0.484.